The molecule has 0 radical (unpaired) electrons. The van der Waals surface area contributed by atoms with E-state index in [0.29, 0.717) is 16.4 Å². The van der Waals surface area contributed by atoms with Gasteiger partial charge >= 0.3 is 0 Å². The summed E-state index contributed by atoms with van der Waals surface area (Å²) in [6.07, 6.45) is 1.34. The zero-order chi connectivity index (χ0) is 10.5. The highest BCUT2D eigenvalue weighted by Gasteiger charge is 2.57. The van der Waals surface area contributed by atoms with Crippen molar-refractivity contribution in [3.63, 3.8) is 0 Å². The monoisotopic (exact) mass is 183 g/mol. The highest BCUT2D eigenvalue weighted by atomic mass is 15.3. The van der Waals surface area contributed by atoms with E-state index in [1.807, 2.05) is 0 Å². The van der Waals surface area contributed by atoms with Gasteiger partial charge in [-0.15, -0.1) is 0 Å². The summed E-state index contributed by atoms with van der Waals surface area (Å²) in [5.74, 6) is 0. The predicted molar refractivity (Wildman–Crippen MR) is 58.9 cm³/mol. The molecule has 13 heavy (non-hydrogen) atoms. The van der Waals surface area contributed by atoms with Crippen molar-refractivity contribution in [1.29, 1.82) is 0 Å². The Kier molecular flexibility index (Phi) is 2.31. The Morgan fingerprint density at radius 1 is 0.923 bits per heavy atom. The Labute approximate surface area is 83.5 Å². The van der Waals surface area contributed by atoms with Gasteiger partial charge in [0.2, 0.25) is 0 Å². The van der Waals surface area contributed by atoms with Gasteiger partial charge < -0.3 is 0 Å². The lowest BCUT2D eigenvalue weighted by Gasteiger charge is -2.65. The van der Waals surface area contributed by atoms with Crippen molar-refractivity contribution in [3.05, 3.63) is 0 Å². The van der Waals surface area contributed by atoms with Gasteiger partial charge in [0.05, 0.1) is 0 Å². The molecule has 0 N–H and O–H groups in total. The molecule has 1 saturated heterocycles. The van der Waals surface area contributed by atoms with E-state index in [9.17, 15) is 0 Å². The largest absolute Gasteiger partial charge is 0.300 e. The first-order valence-electron chi connectivity index (χ1n) is 5.34. The molecule has 0 bridgehead atoms. The van der Waals surface area contributed by atoms with Gasteiger partial charge in [-0.2, -0.15) is 0 Å². The van der Waals surface area contributed by atoms with Crippen LogP contribution in [0.25, 0.3) is 0 Å². The Hall–Kier alpha value is -0.0400. The molecule has 0 atom stereocenters. The molecule has 0 spiro atoms. The van der Waals surface area contributed by atoms with E-state index in [4.69, 9.17) is 0 Å². The van der Waals surface area contributed by atoms with E-state index in [1.165, 1.54) is 13.0 Å². The SMILES string of the molecule is CN1CCC1(C(C)(C)C)C(C)(C)C. The van der Waals surface area contributed by atoms with Gasteiger partial charge in [-0.05, 0) is 24.3 Å². The first-order chi connectivity index (χ1) is 5.63. The maximum absolute atomic E-state index is 2.53. The second-order valence-corrected chi connectivity index (χ2v) is 6.53. The molecule has 1 rings (SSSR count). The van der Waals surface area contributed by atoms with Crippen molar-refractivity contribution in [2.75, 3.05) is 13.6 Å². The third-order valence-electron chi connectivity index (χ3n) is 3.94. The van der Waals surface area contributed by atoms with Crippen LogP contribution in [0.4, 0.5) is 0 Å². The van der Waals surface area contributed by atoms with Crippen molar-refractivity contribution < 1.29 is 0 Å². The molecule has 1 fully saturated rings. The third kappa shape index (κ3) is 1.32. The van der Waals surface area contributed by atoms with E-state index in [-0.39, 0.29) is 0 Å². The molecule has 1 aliphatic heterocycles. The minimum absolute atomic E-state index is 0.373. The molecule has 0 saturated carbocycles. The molecule has 1 heterocycles. The molecule has 0 amide bonds. The molecule has 78 valence electrons. The van der Waals surface area contributed by atoms with Gasteiger partial charge in [0.25, 0.3) is 0 Å². The second-order valence-electron chi connectivity index (χ2n) is 6.53. The van der Waals surface area contributed by atoms with E-state index in [2.05, 4.69) is 53.5 Å². The van der Waals surface area contributed by atoms with Crippen LogP contribution in [0.5, 0.6) is 0 Å². The maximum Gasteiger partial charge on any atom is 0.0315 e. The number of likely N-dealkylation sites (tertiary alicyclic amines) is 1. The fourth-order valence-corrected chi connectivity index (χ4v) is 3.58. The van der Waals surface area contributed by atoms with Crippen LogP contribution in [0.2, 0.25) is 0 Å². The van der Waals surface area contributed by atoms with Crippen molar-refractivity contribution in [2.45, 2.75) is 53.5 Å². The van der Waals surface area contributed by atoms with Crippen molar-refractivity contribution in [1.82, 2.24) is 4.90 Å². The molecular formula is C12H25N. The topological polar surface area (TPSA) is 3.24 Å². The Balaban J connectivity index is 3.04. The summed E-state index contributed by atoms with van der Waals surface area (Å²) in [7, 11) is 2.26. The zero-order valence-corrected chi connectivity index (χ0v) is 10.4. The molecule has 1 aliphatic rings. The van der Waals surface area contributed by atoms with E-state index < -0.39 is 0 Å². The van der Waals surface area contributed by atoms with Crippen LogP contribution in [-0.4, -0.2) is 24.0 Å². The predicted octanol–water partition coefficient (Wildman–Crippen LogP) is 3.15. The van der Waals surface area contributed by atoms with E-state index in [0.717, 1.165) is 0 Å². The van der Waals surface area contributed by atoms with Crippen molar-refractivity contribution >= 4 is 0 Å². The Morgan fingerprint density at radius 2 is 1.31 bits per heavy atom. The highest BCUT2D eigenvalue weighted by molar-refractivity contribution is 5.12. The lowest BCUT2D eigenvalue weighted by Crippen LogP contribution is -2.71. The molecule has 0 unspecified atom stereocenters. The smallest absolute Gasteiger partial charge is 0.0315 e. The minimum atomic E-state index is 0.373. The number of nitrogens with zero attached hydrogens (tertiary/aromatic N) is 1. The van der Waals surface area contributed by atoms with Crippen molar-refractivity contribution in [2.24, 2.45) is 10.8 Å². The van der Waals surface area contributed by atoms with Gasteiger partial charge in [-0.3, -0.25) is 4.90 Å². The highest BCUT2D eigenvalue weighted by Crippen LogP contribution is 2.54. The number of hydrogen-bond acceptors (Lipinski definition) is 1. The standard InChI is InChI=1S/C12H25N/c1-10(2,3)12(11(4,5)6)8-9-13(12)7/h8-9H2,1-7H3. The summed E-state index contributed by atoms with van der Waals surface area (Å²) in [5.41, 5.74) is 1.14. The van der Waals surface area contributed by atoms with Gasteiger partial charge in [-0.1, -0.05) is 41.5 Å². The Bertz CT molecular complexity index is 178. The van der Waals surface area contributed by atoms with Crippen LogP contribution in [-0.2, 0) is 0 Å². The molecule has 0 aromatic carbocycles. The summed E-state index contributed by atoms with van der Waals surface area (Å²) in [4.78, 5) is 2.53. The van der Waals surface area contributed by atoms with Crippen LogP contribution < -0.4 is 0 Å². The summed E-state index contributed by atoms with van der Waals surface area (Å²) >= 11 is 0. The van der Waals surface area contributed by atoms with Gasteiger partial charge in [0.15, 0.2) is 0 Å². The Morgan fingerprint density at radius 3 is 1.31 bits per heavy atom. The molecule has 0 aromatic rings. The van der Waals surface area contributed by atoms with E-state index >= 15 is 0 Å². The summed E-state index contributed by atoms with van der Waals surface area (Å²) in [6.45, 7) is 15.5. The molecular weight excluding hydrogens is 158 g/mol. The molecule has 0 aliphatic carbocycles. The zero-order valence-electron chi connectivity index (χ0n) is 10.4. The van der Waals surface area contributed by atoms with Crippen LogP contribution >= 0.6 is 0 Å². The van der Waals surface area contributed by atoms with Crippen LogP contribution in [0.3, 0.4) is 0 Å². The quantitative estimate of drug-likeness (QED) is 0.557. The lowest BCUT2D eigenvalue weighted by molar-refractivity contribution is -0.145. The van der Waals surface area contributed by atoms with Crippen molar-refractivity contribution in [3.8, 4) is 0 Å². The average molecular weight is 183 g/mol. The molecule has 0 aromatic heterocycles. The minimum Gasteiger partial charge on any atom is -0.300 e. The summed E-state index contributed by atoms with van der Waals surface area (Å²) in [6, 6.07) is 0. The number of rotatable bonds is 0. The molecule has 1 nitrogen and oxygen atoms in total. The van der Waals surface area contributed by atoms with Gasteiger partial charge in [0, 0.05) is 12.1 Å². The summed E-state index contributed by atoms with van der Waals surface area (Å²) in [5, 5.41) is 0. The fourth-order valence-electron chi connectivity index (χ4n) is 3.58. The van der Waals surface area contributed by atoms with Gasteiger partial charge in [-0.25, -0.2) is 0 Å². The van der Waals surface area contributed by atoms with Crippen LogP contribution in [0, 0.1) is 10.8 Å². The molecule has 1 heteroatoms. The number of hydrogen-bond donors (Lipinski definition) is 0. The lowest BCUT2D eigenvalue weighted by atomic mass is 9.54. The van der Waals surface area contributed by atoms with Crippen LogP contribution in [0.15, 0.2) is 0 Å². The maximum atomic E-state index is 2.53. The second kappa shape index (κ2) is 2.73. The van der Waals surface area contributed by atoms with Gasteiger partial charge in [0.1, 0.15) is 0 Å². The normalized spacial score (nSPS) is 24.2. The first-order valence-corrected chi connectivity index (χ1v) is 5.34. The summed E-state index contributed by atoms with van der Waals surface area (Å²) < 4.78 is 0. The van der Waals surface area contributed by atoms with E-state index in [1.54, 1.807) is 0 Å². The van der Waals surface area contributed by atoms with Crippen LogP contribution in [0.1, 0.15) is 48.0 Å². The first kappa shape index (κ1) is 11.0. The average Bonchev–Trinajstić information content (AvgIpc) is 1.77. The third-order valence-corrected chi connectivity index (χ3v) is 3.94. The fraction of sp³-hybridized carbons (Fsp3) is 1.00.